The number of carboxylic acid groups (broad SMARTS) is 1. The third kappa shape index (κ3) is 3.29. The van der Waals surface area contributed by atoms with Crippen molar-refractivity contribution in [2.45, 2.75) is 6.54 Å². The van der Waals surface area contributed by atoms with Crippen molar-refractivity contribution in [3.8, 4) is 5.95 Å². The molecule has 6 heteroatoms. The van der Waals surface area contributed by atoms with E-state index in [4.69, 9.17) is 9.15 Å². The van der Waals surface area contributed by atoms with Crippen LogP contribution in [0, 0.1) is 0 Å². The van der Waals surface area contributed by atoms with E-state index in [1.54, 1.807) is 36.4 Å². The number of rotatable bonds is 4. The number of hydrogen-bond donors (Lipinski definition) is 1. The van der Waals surface area contributed by atoms with Crippen molar-refractivity contribution in [1.82, 2.24) is 0 Å². The summed E-state index contributed by atoms with van der Waals surface area (Å²) in [5.41, 5.74) is 0.575. The van der Waals surface area contributed by atoms with Crippen LogP contribution in [0.5, 0.6) is 5.95 Å². The summed E-state index contributed by atoms with van der Waals surface area (Å²) < 4.78 is 11.1. The van der Waals surface area contributed by atoms with Crippen LogP contribution in [0.2, 0.25) is 0 Å². The molecule has 1 heterocycles. The highest BCUT2D eigenvalue weighted by Crippen LogP contribution is 2.23. The molecule has 0 aliphatic rings. The second-order valence-electron chi connectivity index (χ2n) is 3.77. The minimum absolute atomic E-state index is 0.125. The van der Waals surface area contributed by atoms with Crippen molar-refractivity contribution < 1.29 is 19.1 Å². The Hall–Kier alpha value is -1.95. The maximum Gasteiger partial charge on any atom is 0.412 e. The molecule has 100 valence electrons. The molecule has 19 heavy (non-hydrogen) atoms. The van der Waals surface area contributed by atoms with Crippen molar-refractivity contribution in [3.63, 3.8) is 0 Å². The van der Waals surface area contributed by atoms with Gasteiger partial charge in [0.05, 0.1) is 13.7 Å². The number of benzene rings is 1. The molecular weight excluding hydrogens is 314 g/mol. The van der Waals surface area contributed by atoms with E-state index in [9.17, 15) is 9.90 Å². The van der Waals surface area contributed by atoms with E-state index in [2.05, 4.69) is 15.9 Å². The molecule has 0 atom stereocenters. The topological polar surface area (TPSA) is 62.9 Å². The number of ether oxygens (including phenoxy) is 1. The molecule has 0 unspecified atom stereocenters. The summed E-state index contributed by atoms with van der Waals surface area (Å²) in [7, 11) is 1.49. The van der Waals surface area contributed by atoms with Crippen LogP contribution < -0.4 is 9.64 Å². The van der Waals surface area contributed by atoms with Crippen molar-refractivity contribution in [2.24, 2.45) is 0 Å². The lowest BCUT2D eigenvalue weighted by molar-refractivity contribution is 0.200. The van der Waals surface area contributed by atoms with Gasteiger partial charge < -0.3 is 14.3 Å². The minimum atomic E-state index is -1.04. The van der Waals surface area contributed by atoms with Crippen molar-refractivity contribution >= 4 is 27.7 Å². The maximum atomic E-state index is 11.3. The van der Waals surface area contributed by atoms with E-state index in [1.165, 1.54) is 12.0 Å². The lowest BCUT2D eigenvalue weighted by Gasteiger charge is -2.17. The number of carbonyl (C=O) groups is 1. The van der Waals surface area contributed by atoms with Gasteiger partial charge in [0.2, 0.25) is 0 Å². The zero-order valence-electron chi connectivity index (χ0n) is 10.2. The molecule has 2 rings (SSSR count). The van der Waals surface area contributed by atoms with Gasteiger partial charge in [-0.1, -0.05) is 15.9 Å². The SMILES string of the molecule is COc1ccc(CN(C(=O)O)c2ccc(Br)cc2)o1. The summed E-state index contributed by atoms with van der Waals surface area (Å²) in [5.74, 6) is 0.873. The average Bonchev–Trinajstić information content (AvgIpc) is 2.85. The highest BCUT2D eigenvalue weighted by atomic mass is 79.9. The van der Waals surface area contributed by atoms with Gasteiger partial charge in [-0.3, -0.25) is 4.90 Å². The molecule has 5 nitrogen and oxygen atoms in total. The van der Waals surface area contributed by atoms with Crippen LogP contribution >= 0.6 is 15.9 Å². The Morgan fingerprint density at radius 1 is 1.32 bits per heavy atom. The Kier molecular flexibility index (Phi) is 4.11. The normalized spacial score (nSPS) is 10.2. The summed E-state index contributed by atoms with van der Waals surface area (Å²) in [5, 5.41) is 9.26. The van der Waals surface area contributed by atoms with Crippen molar-refractivity contribution in [1.29, 1.82) is 0 Å². The summed E-state index contributed by atoms with van der Waals surface area (Å²) in [6, 6.07) is 10.4. The summed E-state index contributed by atoms with van der Waals surface area (Å²) >= 11 is 3.31. The first-order valence-electron chi connectivity index (χ1n) is 5.49. The maximum absolute atomic E-state index is 11.3. The van der Waals surface area contributed by atoms with Crippen molar-refractivity contribution in [3.05, 3.63) is 46.6 Å². The molecule has 0 saturated heterocycles. The minimum Gasteiger partial charge on any atom is -0.468 e. The molecule has 0 fully saturated rings. The third-order valence-electron chi connectivity index (χ3n) is 2.52. The van der Waals surface area contributed by atoms with Crippen LogP contribution in [0.1, 0.15) is 5.76 Å². The molecule has 0 radical (unpaired) electrons. The number of halogens is 1. The van der Waals surface area contributed by atoms with Crippen LogP contribution in [0.25, 0.3) is 0 Å². The second kappa shape index (κ2) is 5.79. The average molecular weight is 326 g/mol. The molecule has 2 aromatic rings. The second-order valence-corrected chi connectivity index (χ2v) is 4.69. The summed E-state index contributed by atoms with van der Waals surface area (Å²) in [6.45, 7) is 0.125. The number of anilines is 1. The predicted octanol–water partition coefficient (Wildman–Crippen LogP) is 3.74. The van der Waals surface area contributed by atoms with Crippen LogP contribution in [0.3, 0.4) is 0 Å². The standard InChI is InChI=1S/C13H12BrNO4/c1-18-12-7-6-11(19-12)8-15(13(16)17)10-4-2-9(14)3-5-10/h2-7H,8H2,1H3,(H,16,17). The number of methoxy groups -OCH3 is 1. The first-order chi connectivity index (χ1) is 9.10. The Morgan fingerprint density at radius 2 is 2.00 bits per heavy atom. The van der Waals surface area contributed by atoms with Gasteiger partial charge in [0.1, 0.15) is 5.76 Å². The summed E-state index contributed by atoms with van der Waals surface area (Å²) in [4.78, 5) is 12.5. The van der Waals surface area contributed by atoms with Gasteiger partial charge in [-0.05, 0) is 30.3 Å². The largest absolute Gasteiger partial charge is 0.468 e. The Labute approximate surface area is 118 Å². The molecule has 1 aromatic heterocycles. The van der Waals surface area contributed by atoms with E-state index in [0.717, 1.165) is 4.47 Å². The van der Waals surface area contributed by atoms with Gasteiger partial charge in [0.25, 0.3) is 5.95 Å². The van der Waals surface area contributed by atoms with E-state index >= 15 is 0 Å². The zero-order chi connectivity index (χ0) is 13.8. The van der Waals surface area contributed by atoms with Gasteiger partial charge >= 0.3 is 6.09 Å². The predicted molar refractivity (Wildman–Crippen MR) is 73.6 cm³/mol. The fraction of sp³-hybridized carbons (Fsp3) is 0.154. The molecule has 0 saturated carbocycles. The highest BCUT2D eigenvalue weighted by Gasteiger charge is 2.16. The zero-order valence-corrected chi connectivity index (χ0v) is 11.8. The van der Waals surface area contributed by atoms with E-state index in [1.807, 2.05) is 0 Å². The highest BCUT2D eigenvalue weighted by molar-refractivity contribution is 9.10. The van der Waals surface area contributed by atoms with E-state index in [-0.39, 0.29) is 6.54 Å². The molecule has 1 amide bonds. The van der Waals surface area contributed by atoms with Crippen LogP contribution in [-0.2, 0) is 6.54 Å². The number of furan rings is 1. The molecule has 0 bridgehead atoms. The van der Waals surface area contributed by atoms with Gasteiger partial charge in [-0.15, -0.1) is 0 Å². The summed E-state index contributed by atoms with van der Waals surface area (Å²) in [6.07, 6.45) is -1.04. The molecule has 1 aromatic carbocycles. The fourth-order valence-electron chi connectivity index (χ4n) is 1.60. The van der Waals surface area contributed by atoms with Crippen LogP contribution in [-0.4, -0.2) is 18.3 Å². The lowest BCUT2D eigenvalue weighted by atomic mass is 10.3. The fourth-order valence-corrected chi connectivity index (χ4v) is 1.86. The Bertz CT molecular complexity index is 564. The molecule has 0 aliphatic heterocycles. The van der Waals surface area contributed by atoms with E-state index < -0.39 is 6.09 Å². The Balaban J connectivity index is 2.21. The molecule has 0 spiro atoms. The number of nitrogens with zero attached hydrogens (tertiary/aromatic N) is 1. The third-order valence-corrected chi connectivity index (χ3v) is 3.05. The molecule has 1 N–H and O–H groups in total. The van der Waals surface area contributed by atoms with E-state index in [0.29, 0.717) is 17.4 Å². The monoisotopic (exact) mass is 325 g/mol. The number of amides is 1. The first kappa shape index (κ1) is 13.5. The quantitative estimate of drug-likeness (QED) is 0.930. The lowest BCUT2D eigenvalue weighted by Crippen LogP contribution is -2.28. The van der Waals surface area contributed by atoms with Gasteiger partial charge in [0, 0.05) is 16.2 Å². The molecule has 0 aliphatic carbocycles. The first-order valence-corrected chi connectivity index (χ1v) is 6.28. The van der Waals surface area contributed by atoms with Crippen LogP contribution in [0.4, 0.5) is 10.5 Å². The van der Waals surface area contributed by atoms with Gasteiger partial charge in [0.15, 0.2) is 0 Å². The number of hydrogen-bond acceptors (Lipinski definition) is 3. The Morgan fingerprint density at radius 3 is 2.53 bits per heavy atom. The van der Waals surface area contributed by atoms with Gasteiger partial charge in [-0.2, -0.15) is 0 Å². The molecular formula is C13H12BrNO4. The van der Waals surface area contributed by atoms with Crippen LogP contribution in [0.15, 0.2) is 45.3 Å². The van der Waals surface area contributed by atoms with Gasteiger partial charge in [-0.25, -0.2) is 4.79 Å². The van der Waals surface area contributed by atoms with Crippen molar-refractivity contribution in [2.75, 3.05) is 12.0 Å². The smallest absolute Gasteiger partial charge is 0.412 e.